The van der Waals surface area contributed by atoms with Gasteiger partial charge in [0, 0.05) is 12.7 Å². The van der Waals surface area contributed by atoms with E-state index in [-0.39, 0.29) is 11.7 Å². The Balaban J connectivity index is 1.65. The molecule has 0 atom stereocenters. The van der Waals surface area contributed by atoms with E-state index < -0.39 is 5.69 Å². The lowest BCUT2D eigenvalue weighted by Crippen LogP contribution is -2.26. The molecule has 112 valence electrons. The van der Waals surface area contributed by atoms with Gasteiger partial charge in [-0.05, 0) is 36.2 Å². The van der Waals surface area contributed by atoms with Crippen LogP contribution in [0.5, 0.6) is 0 Å². The van der Waals surface area contributed by atoms with Crippen LogP contribution >= 0.6 is 0 Å². The van der Waals surface area contributed by atoms with Crippen LogP contribution in [0.2, 0.25) is 0 Å². The van der Waals surface area contributed by atoms with Crippen molar-refractivity contribution in [2.45, 2.75) is 6.42 Å². The summed E-state index contributed by atoms with van der Waals surface area (Å²) in [5.74, 6) is -0.597. The molecule has 0 fully saturated rings. The number of amides is 1. The fourth-order valence-corrected chi connectivity index (χ4v) is 2.15. The summed E-state index contributed by atoms with van der Waals surface area (Å²) >= 11 is 0. The molecule has 3 rings (SSSR count). The summed E-state index contributed by atoms with van der Waals surface area (Å²) in [6.45, 7) is 0.376. The maximum atomic E-state index is 13.0. The largest absolute Gasteiger partial charge is 0.352 e. The van der Waals surface area contributed by atoms with Crippen LogP contribution in [-0.2, 0) is 6.42 Å². The first-order valence-electron chi connectivity index (χ1n) is 6.73. The third-order valence-corrected chi connectivity index (χ3v) is 3.26. The van der Waals surface area contributed by atoms with Gasteiger partial charge in [0.05, 0.1) is 5.56 Å². The lowest BCUT2D eigenvalue weighted by molar-refractivity contribution is 0.0953. The molecule has 2 N–H and O–H groups in total. The molecule has 0 radical (unpaired) electrons. The summed E-state index contributed by atoms with van der Waals surface area (Å²) in [4.78, 5) is 23.5. The molecule has 0 aliphatic heterocycles. The number of pyridine rings is 1. The number of carbonyl (C=O) groups is 1. The third-order valence-electron chi connectivity index (χ3n) is 3.26. The molecule has 0 saturated heterocycles. The van der Waals surface area contributed by atoms with E-state index in [1.54, 1.807) is 24.3 Å². The van der Waals surface area contributed by atoms with Gasteiger partial charge in [0.2, 0.25) is 0 Å². The highest BCUT2D eigenvalue weighted by atomic mass is 19.1. The number of hydrogen-bond acceptors (Lipinski definition) is 3. The zero-order valence-electron chi connectivity index (χ0n) is 11.5. The van der Waals surface area contributed by atoms with Gasteiger partial charge in [-0.2, -0.15) is 5.10 Å². The number of fused-ring (bicyclic) bond motifs is 1. The minimum atomic E-state index is -0.399. The molecule has 3 aromatic rings. The van der Waals surface area contributed by atoms with Crippen molar-refractivity contribution in [3.05, 3.63) is 70.0 Å². The number of benzene rings is 1. The minimum absolute atomic E-state index is 0.298. The predicted molar refractivity (Wildman–Crippen MR) is 78.2 cm³/mol. The number of rotatable bonds is 4. The van der Waals surface area contributed by atoms with Gasteiger partial charge in [0.15, 0.2) is 5.65 Å². The van der Waals surface area contributed by atoms with Crippen LogP contribution in [0.4, 0.5) is 4.39 Å². The minimum Gasteiger partial charge on any atom is -0.352 e. The zero-order chi connectivity index (χ0) is 15.5. The highest BCUT2D eigenvalue weighted by Crippen LogP contribution is 2.04. The van der Waals surface area contributed by atoms with Gasteiger partial charge in [-0.25, -0.2) is 18.7 Å². The lowest BCUT2D eigenvalue weighted by Gasteiger charge is -2.06. The lowest BCUT2D eigenvalue weighted by atomic mass is 10.1. The first-order valence-corrected chi connectivity index (χ1v) is 6.73. The van der Waals surface area contributed by atoms with Crippen LogP contribution < -0.4 is 11.0 Å². The van der Waals surface area contributed by atoms with Gasteiger partial charge in [0.25, 0.3) is 5.91 Å². The fraction of sp³-hybridized carbons (Fsp3) is 0.133. The van der Waals surface area contributed by atoms with Crippen molar-refractivity contribution in [1.29, 1.82) is 0 Å². The molecular formula is C15H13FN4O2. The smallest absolute Gasteiger partial charge is 0.347 e. The summed E-state index contributed by atoms with van der Waals surface area (Å²) in [6, 6.07) is 9.41. The van der Waals surface area contributed by atoms with Crippen LogP contribution in [0.1, 0.15) is 15.9 Å². The Bertz CT molecular complexity index is 884. The Kier molecular flexibility index (Phi) is 3.69. The summed E-state index contributed by atoms with van der Waals surface area (Å²) in [7, 11) is 0. The van der Waals surface area contributed by atoms with Crippen molar-refractivity contribution in [3.63, 3.8) is 0 Å². The van der Waals surface area contributed by atoms with Crippen molar-refractivity contribution in [2.75, 3.05) is 6.54 Å². The Morgan fingerprint density at radius 1 is 1.32 bits per heavy atom. The maximum Gasteiger partial charge on any atom is 0.347 e. The molecule has 22 heavy (non-hydrogen) atoms. The molecule has 0 aliphatic carbocycles. The quantitative estimate of drug-likeness (QED) is 0.758. The van der Waals surface area contributed by atoms with Crippen LogP contribution in [0.15, 0.2) is 47.4 Å². The molecule has 0 saturated carbocycles. The molecule has 0 aliphatic rings. The van der Waals surface area contributed by atoms with Gasteiger partial charge in [0.1, 0.15) is 5.82 Å². The summed E-state index contributed by atoms with van der Waals surface area (Å²) in [6.07, 6.45) is 1.95. The Morgan fingerprint density at radius 2 is 2.18 bits per heavy atom. The van der Waals surface area contributed by atoms with Crippen LogP contribution in [0.25, 0.3) is 5.65 Å². The molecule has 0 bridgehead atoms. The molecule has 1 aromatic carbocycles. The average molecular weight is 300 g/mol. The number of halogens is 1. The second-order valence-electron chi connectivity index (χ2n) is 4.81. The second kappa shape index (κ2) is 5.80. The van der Waals surface area contributed by atoms with Crippen molar-refractivity contribution in [3.8, 4) is 0 Å². The van der Waals surface area contributed by atoms with E-state index in [9.17, 15) is 14.0 Å². The SMILES string of the molecule is O=C(NCCc1cccc(F)c1)c1ccc2n[nH]c(=O)n2c1. The van der Waals surface area contributed by atoms with Crippen LogP contribution in [0.3, 0.4) is 0 Å². The second-order valence-corrected chi connectivity index (χ2v) is 4.81. The molecular weight excluding hydrogens is 287 g/mol. The van der Waals surface area contributed by atoms with Gasteiger partial charge < -0.3 is 5.32 Å². The van der Waals surface area contributed by atoms with Crippen LogP contribution in [0, 0.1) is 5.82 Å². The van der Waals surface area contributed by atoms with E-state index in [4.69, 9.17) is 0 Å². The van der Waals surface area contributed by atoms with Crippen molar-refractivity contribution >= 4 is 11.6 Å². The van der Waals surface area contributed by atoms with E-state index >= 15 is 0 Å². The average Bonchev–Trinajstić information content (AvgIpc) is 2.88. The normalized spacial score (nSPS) is 10.8. The number of carbonyl (C=O) groups excluding carboxylic acids is 1. The highest BCUT2D eigenvalue weighted by molar-refractivity contribution is 5.94. The summed E-state index contributed by atoms with van der Waals surface area (Å²) in [5, 5.41) is 8.83. The van der Waals surface area contributed by atoms with Gasteiger partial charge in [-0.15, -0.1) is 0 Å². The van der Waals surface area contributed by atoms with E-state index in [2.05, 4.69) is 15.5 Å². The standard InChI is InChI=1S/C15H13FN4O2/c16-12-3-1-2-10(8-12)6-7-17-14(21)11-4-5-13-18-19-15(22)20(13)9-11/h1-5,8-9H,6-7H2,(H,17,21)(H,19,22). The topological polar surface area (TPSA) is 79.3 Å². The first kappa shape index (κ1) is 14.0. The van der Waals surface area contributed by atoms with E-state index in [0.717, 1.165) is 5.56 Å². The molecule has 6 nitrogen and oxygen atoms in total. The van der Waals surface area contributed by atoms with Crippen molar-refractivity contribution < 1.29 is 9.18 Å². The Morgan fingerprint density at radius 3 is 3.00 bits per heavy atom. The molecule has 1 amide bonds. The molecule has 0 unspecified atom stereocenters. The molecule has 7 heteroatoms. The van der Waals surface area contributed by atoms with Crippen molar-refractivity contribution in [1.82, 2.24) is 19.9 Å². The van der Waals surface area contributed by atoms with Crippen LogP contribution in [-0.4, -0.2) is 27.0 Å². The number of hydrogen-bond donors (Lipinski definition) is 2. The Labute approximate surface area is 124 Å². The zero-order valence-corrected chi connectivity index (χ0v) is 11.5. The molecule has 2 aromatic heterocycles. The van der Waals surface area contributed by atoms with Gasteiger partial charge in [-0.3, -0.25) is 4.79 Å². The van der Waals surface area contributed by atoms with Gasteiger partial charge in [-0.1, -0.05) is 12.1 Å². The van der Waals surface area contributed by atoms with E-state index in [1.165, 1.54) is 22.7 Å². The monoisotopic (exact) mass is 300 g/mol. The number of aromatic amines is 1. The Hall–Kier alpha value is -2.96. The number of nitrogens with one attached hydrogen (secondary N) is 2. The summed E-state index contributed by atoms with van der Waals surface area (Å²) in [5.41, 5.74) is 1.21. The predicted octanol–water partition coefficient (Wildman–Crippen LogP) is 1.13. The number of nitrogens with zero attached hydrogens (tertiary/aromatic N) is 2. The molecule has 0 spiro atoms. The summed E-state index contributed by atoms with van der Waals surface area (Å²) < 4.78 is 14.3. The number of H-pyrrole nitrogens is 1. The fourth-order valence-electron chi connectivity index (χ4n) is 2.15. The van der Waals surface area contributed by atoms with E-state index in [1.807, 2.05) is 0 Å². The first-order chi connectivity index (χ1) is 10.6. The number of aromatic nitrogens is 3. The third kappa shape index (κ3) is 2.88. The highest BCUT2D eigenvalue weighted by Gasteiger charge is 2.08. The molecule has 2 heterocycles. The van der Waals surface area contributed by atoms with Crippen molar-refractivity contribution in [2.24, 2.45) is 0 Å². The van der Waals surface area contributed by atoms with Gasteiger partial charge >= 0.3 is 5.69 Å². The van der Waals surface area contributed by atoms with E-state index in [0.29, 0.717) is 24.2 Å². The maximum absolute atomic E-state index is 13.0.